The van der Waals surface area contributed by atoms with Crippen LogP contribution in [0.15, 0.2) is 91.0 Å². The molecule has 3 heteroatoms. The van der Waals surface area contributed by atoms with Gasteiger partial charge >= 0.3 is 0 Å². The number of halogens is 3. The summed E-state index contributed by atoms with van der Waals surface area (Å²) in [6, 6.07) is 28.3. The minimum Gasteiger partial charge on any atom is -0.206 e. The Morgan fingerprint density at radius 2 is 0.848 bits per heavy atom. The highest BCUT2D eigenvalue weighted by molar-refractivity contribution is 6.35. The molecule has 0 radical (unpaired) electrons. The van der Waals surface area contributed by atoms with Crippen molar-refractivity contribution < 1.29 is 13.2 Å². The van der Waals surface area contributed by atoms with Gasteiger partial charge in [0, 0.05) is 22.2 Å². The van der Waals surface area contributed by atoms with Crippen LogP contribution in [0.4, 0.5) is 13.2 Å². The molecule has 0 aliphatic rings. The van der Waals surface area contributed by atoms with Gasteiger partial charge in [-0.1, -0.05) is 84.9 Å². The van der Waals surface area contributed by atoms with E-state index in [1.807, 2.05) is 42.5 Å². The summed E-state index contributed by atoms with van der Waals surface area (Å²) in [5.74, 6) is -2.97. The Balaban J connectivity index is 1.90. The Labute approximate surface area is 186 Å². The third-order valence-electron chi connectivity index (χ3n) is 6.79. The molecule has 0 N–H and O–H groups in total. The van der Waals surface area contributed by atoms with Crippen molar-refractivity contribution in [1.82, 2.24) is 0 Å². The fraction of sp³-hybridized carbons (Fsp3) is 0. The maximum Gasteiger partial charge on any atom is 0.167 e. The Hall–Kier alpha value is -4.11. The summed E-state index contributed by atoms with van der Waals surface area (Å²) in [6.45, 7) is 0. The van der Waals surface area contributed by atoms with Gasteiger partial charge in [-0.15, -0.1) is 0 Å². The lowest BCUT2D eigenvalue weighted by Crippen LogP contribution is -1.93. The van der Waals surface area contributed by atoms with E-state index < -0.39 is 17.5 Å². The van der Waals surface area contributed by atoms with E-state index in [4.69, 9.17) is 0 Å². The van der Waals surface area contributed by atoms with E-state index >= 15 is 4.39 Å². The van der Waals surface area contributed by atoms with Crippen LogP contribution in [-0.4, -0.2) is 0 Å². The fourth-order valence-corrected chi connectivity index (χ4v) is 5.34. The predicted molar refractivity (Wildman–Crippen MR) is 131 cm³/mol. The van der Waals surface area contributed by atoms with Crippen LogP contribution in [0.2, 0.25) is 0 Å². The zero-order chi connectivity index (χ0) is 22.3. The fourth-order valence-electron chi connectivity index (χ4n) is 5.34. The molecule has 0 nitrogen and oxygen atoms in total. The Kier molecular flexibility index (Phi) is 3.61. The van der Waals surface area contributed by atoms with Crippen LogP contribution in [-0.2, 0) is 0 Å². The summed E-state index contributed by atoms with van der Waals surface area (Å²) in [5, 5.41) is 9.30. The molecular weight excluding hydrogens is 417 g/mol. The van der Waals surface area contributed by atoms with Gasteiger partial charge in [0.15, 0.2) is 11.6 Å². The quantitative estimate of drug-likeness (QED) is 0.166. The first kappa shape index (κ1) is 18.5. The summed E-state index contributed by atoms with van der Waals surface area (Å²) < 4.78 is 44.4. The highest BCUT2D eigenvalue weighted by Crippen LogP contribution is 2.42. The zero-order valence-electron chi connectivity index (χ0n) is 17.3. The molecule has 0 bridgehead atoms. The summed E-state index contributed by atoms with van der Waals surface area (Å²) in [5.41, 5.74) is 0. The molecule has 0 amide bonds. The van der Waals surface area contributed by atoms with Crippen molar-refractivity contribution in [2.45, 2.75) is 0 Å². The van der Waals surface area contributed by atoms with Crippen molar-refractivity contribution in [2.75, 3.05) is 0 Å². The molecule has 7 rings (SSSR count). The van der Waals surface area contributed by atoms with Gasteiger partial charge in [0.05, 0.1) is 0 Å². The van der Waals surface area contributed by atoms with E-state index in [1.165, 1.54) is 6.07 Å². The normalized spacial score (nSPS) is 12.1. The summed E-state index contributed by atoms with van der Waals surface area (Å²) in [6.07, 6.45) is 0. The highest BCUT2D eigenvalue weighted by Gasteiger charge is 2.18. The average Bonchev–Trinajstić information content (AvgIpc) is 2.85. The molecule has 7 aromatic rings. The average molecular weight is 432 g/mol. The molecule has 0 saturated carbocycles. The first-order valence-electron chi connectivity index (χ1n) is 10.8. The molecule has 0 heterocycles. The van der Waals surface area contributed by atoms with Crippen LogP contribution in [0.1, 0.15) is 0 Å². The number of rotatable bonds is 0. The summed E-state index contributed by atoms with van der Waals surface area (Å²) >= 11 is 0. The van der Waals surface area contributed by atoms with Crippen LogP contribution in [0.25, 0.3) is 64.6 Å². The standard InChI is InChI=1S/C30H15F3/c31-23-15-24(32)30(33)29-22(23)14-13-20-12-11-19-10-9-18-8-7-17-6-5-16-3-1-2-4-21(16)25(17)26(18)27(19)28(20)29/h1-15H. The van der Waals surface area contributed by atoms with Crippen molar-refractivity contribution in [1.29, 1.82) is 0 Å². The molecule has 156 valence electrons. The molecular formula is C30H15F3. The lowest BCUT2D eigenvalue weighted by molar-refractivity contribution is 0.506. The van der Waals surface area contributed by atoms with E-state index in [-0.39, 0.29) is 10.8 Å². The summed E-state index contributed by atoms with van der Waals surface area (Å²) in [7, 11) is 0. The van der Waals surface area contributed by atoms with E-state index in [2.05, 4.69) is 30.3 Å². The van der Waals surface area contributed by atoms with Gasteiger partial charge in [-0.05, 0) is 48.5 Å². The largest absolute Gasteiger partial charge is 0.206 e. The molecule has 0 spiro atoms. The van der Waals surface area contributed by atoms with Gasteiger partial charge in [0.25, 0.3) is 0 Å². The Morgan fingerprint density at radius 3 is 1.52 bits per heavy atom. The van der Waals surface area contributed by atoms with Gasteiger partial charge < -0.3 is 0 Å². The molecule has 0 saturated heterocycles. The third-order valence-corrected chi connectivity index (χ3v) is 6.79. The van der Waals surface area contributed by atoms with Crippen LogP contribution < -0.4 is 0 Å². The second-order valence-corrected chi connectivity index (χ2v) is 8.52. The maximum atomic E-state index is 15.3. The second kappa shape index (κ2) is 6.46. The van der Waals surface area contributed by atoms with Crippen molar-refractivity contribution in [3.05, 3.63) is 108 Å². The first-order chi connectivity index (χ1) is 16.1. The number of fused-ring (bicyclic) bond motifs is 11. The second-order valence-electron chi connectivity index (χ2n) is 8.52. The van der Waals surface area contributed by atoms with Crippen molar-refractivity contribution in [3.63, 3.8) is 0 Å². The molecule has 33 heavy (non-hydrogen) atoms. The van der Waals surface area contributed by atoms with Crippen molar-refractivity contribution in [2.24, 2.45) is 0 Å². The van der Waals surface area contributed by atoms with Gasteiger partial charge in [-0.3, -0.25) is 0 Å². The van der Waals surface area contributed by atoms with E-state index in [1.54, 1.807) is 6.07 Å². The van der Waals surface area contributed by atoms with Crippen molar-refractivity contribution in [3.8, 4) is 0 Å². The van der Waals surface area contributed by atoms with E-state index in [0.717, 1.165) is 48.5 Å². The molecule has 7 aromatic carbocycles. The molecule has 0 atom stereocenters. The van der Waals surface area contributed by atoms with Gasteiger partial charge in [0.1, 0.15) is 5.82 Å². The smallest absolute Gasteiger partial charge is 0.167 e. The topological polar surface area (TPSA) is 0 Å². The number of hydrogen-bond donors (Lipinski definition) is 0. The highest BCUT2D eigenvalue weighted by atomic mass is 19.2. The van der Waals surface area contributed by atoms with Crippen LogP contribution in [0.5, 0.6) is 0 Å². The predicted octanol–water partition coefficient (Wildman–Crippen LogP) is 9.02. The molecule has 0 aromatic heterocycles. The van der Waals surface area contributed by atoms with Gasteiger partial charge in [0.2, 0.25) is 0 Å². The van der Waals surface area contributed by atoms with E-state index in [9.17, 15) is 8.78 Å². The molecule has 0 aliphatic heterocycles. The maximum absolute atomic E-state index is 15.3. The van der Waals surface area contributed by atoms with Crippen LogP contribution in [0.3, 0.4) is 0 Å². The minimum absolute atomic E-state index is 0.0136. The minimum atomic E-state index is -1.18. The molecule has 0 aliphatic carbocycles. The lowest BCUT2D eigenvalue weighted by Gasteiger charge is -2.15. The lowest BCUT2D eigenvalue weighted by atomic mass is 9.89. The monoisotopic (exact) mass is 432 g/mol. The van der Waals surface area contributed by atoms with Crippen LogP contribution >= 0.6 is 0 Å². The first-order valence-corrected chi connectivity index (χ1v) is 10.8. The number of hydrogen-bond acceptors (Lipinski definition) is 0. The van der Waals surface area contributed by atoms with E-state index in [0.29, 0.717) is 11.5 Å². The SMILES string of the molecule is Fc1cc(F)c2ccc3ccc4ccc5ccc6ccc7ccccc7c6c5c4c3c2c1F. The third kappa shape index (κ3) is 2.42. The Bertz CT molecular complexity index is 1940. The zero-order valence-corrected chi connectivity index (χ0v) is 17.3. The molecule has 0 unspecified atom stereocenters. The molecule has 0 fully saturated rings. The number of benzene rings is 7. The van der Waals surface area contributed by atoms with Gasteiger partial charge in [-0.2, -0.15) is 0 Å². The Morgan fingerprint density at radius 1 is 0.364 bits per heavy atom. The van der Waals surface area contributed by atoms with Crippen molar-refractivity contribution >= 4 is 64.6 Å². The van der Waals surface area contributed by atoms with Gasteiger partial charge in [-0.25, -0.2) is 13.2 Å². The van der Waals surface area contributed by atoms with Crippen LogP contribution in [0, 0.1) is 17.5 Å². The summed E-state index contributed by atoms with van der Waals surface area (Å²) in [4.78, 5) is 0.